The summed E-state index contributed by atoms with van der Waals surface area (Å²) in [6.07, 6.45) is 0. The molecule has 0 saturated carbocycles. The highest BCUT2D eigenvalue weighted by Gasteiger charge is 2.19. The van der Waals surface area contributed by atoms with E-state index in [9.17, 15) is 0 Å². The number of hydrogen-bond donors (Lipinski definition) is 0. The van der Waals surface area contributed by atoms with Crippen molar-refractivity contribution >= 4 is 54.3 Å². The van der Waals surface area contributed by atoms with Crippen LogP contribution in [0.5, 0.6) is 0 Å². The van der Waals surface area contributed by atoms with Gasteiger partial charge in [-0.05, 0) is 66.7 Å². The summed E-state index contributed by atoms with van der Waals surface area (Å²) < 4.78 is 6.28. The SMILES string of the molecule is c1ccc(-c2nc(-c3cccc4c(-c5cccc6ccccc56)cccc34)nc(-c3cccc4c(-c5cccc6oc7ccccc7c56)cccc34)n2)cc1. The van der Waals surface area contributed by atoms with E-state index < -0.39 is 0 Å². The second kappa shape index (κ2) is 12.6. The first kappa shape index (κ1) is 31.1. The number of benzene rings is 9. The van der Waals surface area contributed by atoms with Crippen LogP contribution in [-0.4, -0.2) is 15.0 Å². The minimum absolute atomic E-state index is 0.626. The van der Waals surface area contributed by atoms with Gasteiger partial charge in [0.1, 0.15) is 11.2 Å². The lowest BCUT2D eigenvalue weighted by atomic mass is 9.92. The quantitative estimate of drug-likeness (QED) is 0.179. The summed E-state index contributed by atoms with van der Waals surface area (Å²) in [6.45, 7) is 0. The molecule has 0 unspecified atom stereocenters. The summed E-state index contributed by atoms with van der Waals surface area (Å²) in [5.74, 6) is 1.89. The highest BCUT2D eigenvalue weighted by molar-refractivity contribution is 6.16. The van der Waals surface area contributed by atoms with E-state index in [1.807, 2.05) is 36.4 Å². The molecule has 0 saturated heterocycles. The monoisotopic (exact) mass is 701 g/mol. The summed E-state index contributed by atoms with van der Waals surface area (Å²) in [5, 5.41) is 9.08. The normalized spacial score (nSPS) is 11.6. The Morgan fingerprint density at radius 1 is 0.273 bits per heavy atom. The third-order valence-corrected chi connectivity index (χ3v) is 10.8. The van der Waals surface area contributed by atoms with Crippen molar-refractivity contribution in [2.75, 3.05) is 0 Å². The van der Waals surface area contributed by atoms with Crippen molar-refractivity contribution in [3.05, 3.63) is 188 Å². The molecule has 0 aliphatic rings. The van der Waals surface area contributed by atoms with Crippen LogP contribution >= 0.6 is 0 Å². The van der Waals surface area contributed by atoms with Crippen molar-refractivity contribution in [2.24, 2.45) is 0 Å². The average Bonchev–Trinajstić information content (AvgIpc) is 3.65. The molecule has 9 aromatic carbocycles. The van der Waals surface area contributed by atoms with Gasteiger partial charge in [-0.15, -0.1) is 0 Å². The summed E-state index contributed by atoms with van der Waals surface area (Å²) in [5.41, 5.74) is 9.23. The lowest BCUT2D eigenvalue weighted by Gasteiger charge is -2.15. The van der Waals surface area contributed by atoms with Crippen LogP contribution in [0.15, 0.2) is 192 Å². The predicted molar refractivity (Wildman–Crippen MR) is 227 cm³/mol. The zero-order chi connectivity index (χ0) is 36.3. The Hall–Kier alpha value is -7.43. The average molecular weight is 702 g/mol. The van der Waals surface area contributed by atoms with Crippen LogP contribution in [0.1, 0.15) is 0 Å². The number of furan rings is 1. The topological polar surface area (TPSA) is 51.8 Å². The van der Waals surface area contributed by atoms with Crippen molar-refractivity contribution in [3.8, 4) is 56.4 Å². The molecule has 0 radical (unpaired) electrons. The summed E-state index contributed by atoms with van der Waals surface area (Å²) >= 11 is 0. The van der Waals surface area contributed by atoms with Crippen molar-refractivity contribution in [2.45, 2.75) is 0 Å². The number of hydrogen-bond acceptors (Lipinski definition) is 4. The minimum atomic E-state index is 0.626. The summed E-state index contributed by atoms with van der Waals surface area (Å²) in [4.78, 5) is 15.6. The first-order valence-electron chi connectivity index (χ1n) is 18.5. The fraction of sp³-hybridized carbons (Fsp3) is 0. The molecule has 4 nitrogen and oxygen atoms in total. The molecule has 2 aromatic heterocycles. The highest BCUT2D eigenvalue weighted by Crippen LogP contribution is 2.42. The van der Waals surface area contributed by atoms with Gasteiger partial charge in [-0.3, -0.25) is 0 Å². The summed E-state index contributed by atoms with van der Waals surface area (Å²) in [6, 6.07) is 65.7. The van der Waals surface area contributed by atoms with Crippen LogP contribution in [0, 0.1) is 0 Å². The smallest absolute Gasteiger partial charge is 0.164 e. The third kappa shape index (κ3) is 5.11. The molecule has 0 N–H and O–H groups in total. The van der Waals surface area contributed by atoms with Gasteiger partial charge in [-0.2, -0.15) is 0 Å². The number of para-hydroxylation sites is 1. The molecule has 55 heavy (non-hydrogen) atoms. The van der Waals surface area contributed by atoms with Gasteiger partial charge in [0.2, 0.25) is 0 Å². The molecule has 0 aliphatic carbocycles. The van der Waals surface area contributed by atoms with Crippen LogP contribution < -0.4 is 0 Å². The Balaban J connectivity index is 1.13. The van der Waals surface area contributed by atoms with Crippen molar-refractivity contribution < 1.29 is 4.42 Å². The molecule has 0 atom stereocenters. The first-order chi connectivity index (χ1) is 27.3. The van der Waals surface area contributed by atoms with Gasteiger partial charge < -0.3 is 4.42 Å². The van der Waals surface area contributed by atoms with Crippen LogP contribution in [0.25, 0.3) is 111 Å². The van der Waals surface area contributed by atoms with Gasteiger partial charge >= 0.3 is 0 Å². The minimum Gasteiger partial charge on any atom is -0.456 e. The lowest BCUT2D eigenvalue weighted by Crippen LogP contribution is -2.01. The molecule has 0 amide bonds. The summed E-state index contributed by atoms with van der Waals surface area (Å²) in [7, 11) is 0. The molecule has 0 fully saturated rings. The van der Waals surface area contributed by atoms with Gasteiger partial charge in [-0.1, -0.05) is 176 Å². The molecule has 0 aliphatic heterocycles. The highest BCUT2D eigenvalue weighted by atomic mass is 16.3. The number of aromatic nitrogens is 3. The fourth-order valence-electron chi connectivity index (χ4n) is 8.27. The van der Waals surface area contributed by atoms with Gasteiger partial charge in [0.05, 0.1) is 0 Å². The van der Waals surface area contributed by atoms with Crippen LogP contribution in [0.3, 0.4) is 0 Å². The molecule has 256 valence electrons. The third-order valence-electron chi connectivity index (χ3n) is 10.8. The van der Waals surface area contributed by atoms with Crippen molar-refractivity contribution in [1.29, 1.82) is 0 Å². The Morgan fingerprint density at radius 3 is 1.38 bits per heavy atom. The van der Waals surface area contributed by atoms with Crippen molar-refractivity contribution in [3.63, 3.8) is 0 Å². The van der Waals surface area contributed by atoms with E-state index in [1.54, 1.807) is 0 Å². The van der Waals surface area contributed by atoms with E-state index in [-0.39, 0.29) is 0 Å². The zero-order valence-corrected chi connectivity index (χ0v) is 29.6. The zero-order valence-electron chi connectivity index (χ0n) is 29.6. The van der Waals surface area contributed by atoms with Crippen molar-refractivity contribution in [1.82, 2.24) is 15.0 Å². The predicted octanol–water partition coefficient (Wildman–Crippen LogP) is 13.6. The number of fused-ring (bicyclic) bond motifs is 6. The second-order valence-corrected chi connectivity index (χ2v) is 13.9. The number of nitrogens with zero attached hydrogens (tertiary/aromatic N) is 3. The molecule has 11 rings (SSSR count). The standard InChI is InChI=1S/C51H31N3O/c1-2-15-33(16-3-1)49-52-50(43-28-11-22-37-36(21-9-25-40(37)43)35-20-8-17-32-14-4-5-18-34(32)35)54-51(53-49)44-29-12-23-38-39(24-10-26-41(38)44)42-27-13-31-47-48(42)45-19-6-7-30-46(45)55-47/h1-31H. The molecule has 2 heterocycles. The van der Waals surface area contributed by atoms with E-state index in [0.717, 1.165) is 71.3 Å². The van der Waals surface area contributed by atoms with Gasteiger partial charge in [-0.25, -0.2) is 15.0 Å². The van der Waals surface area contributed by atoms with Crippen LogP contribution in [0.2, 0.25) is 0 Å². The maximum Gasteiger partial charge on any atom is 0.164 e. The maximum absolute atomic E-state index is 6.28. The second-order valence-electron chi connectivity index (χ2n) is 13.9. The van der Waals surface area contributed by atoms with Gasteiger partial charge in [0, 0.05) is 27.5 Å². The Morgan fingerprint density at radius 2 is 0.691 bits per heavy atom. The molecule has 4 heteroatoms. The van der Waals surface area contributed by atoms with Gasteiger partial charge in [0.15, 0.2) is 17.5 Å². The fourth-order valence-corrected chi connectivity index (χ4v) is 8.27. The van der Waals surface area contributed by atoms with E-state index in [0.29, 0.717) is 17.5 Å². The Labute approximate surface area is 317 Å². The molecular formula is C51H31N3O. The lowest BCUT2D eigenvalue weighted by molar-refractivity contribution is 0.669. The number of rotatable bonds is 5. The van der Waals surface area contributed by atoms with E-state index >= 15 is 0 Å². The van der Waals surface area contributed by atoms with E-state index in [4.69, 9.17) is 19.4 Å². The molecule has 11 aromatic rings. The van der Waals surface area contributed by atoms with E-state index in [1.165, 1.54) is 21.9 Å². The molecular weight excluding hydrogens is 671 g/mol. The largest absolute Gasteiger partial charge is 0.456 e. The molecule has 0 spiro atoms. The Bertz CT molecular complexity index is 3270. The van der Waals surface area contributed by atoms with Gasteiger partial charge in [0.25, 0.3) is 0 Å². The van der Waals surface area contributed by atoms with Crippen LogP contribution in [0.4, 0.5) is 0 Å². The molecule has 0 bridgehead atoms. The first-order valence-corrected chi connectivity index (χ1v) is 18.5. The maximum atomic E-state index is 6.28. The Kier molecular flexibility index (Phi) is 7.14. The van der Waals surface area contributed by atoms with E-state index in [2.05, 4.69) is 152 Å². The van der Waals surface area contributed by atoms with Crippen LogP contribution in [-0.2, 0) is 0 Å².